The molecule has 60 heavy (non-hydrogen) atoms. The predicted molar refractivity (Wildman–Crippen MR) is 238 cm³/mol. The second-order valence-electron chi connectivity index (χ2n) is 17.5. The molecule has 0 aliphatic carbocycles. The van der Waals surface area contributed by atoms with Crippen LogP contribution in [0.15, 0.2) is 115 Å². The third-order valence-electron chi connectivity index (χ3n) is 11.0. The number of hydrogen-bond donors (Lipinski definition) is 0. The maximum atomic E-state index is 14.6. The molecule has 2 bridgehead atoms. The standard InChI is InChI=1S/C43H57N6O8PSSi/c1-10-28-58(37-20-14-11-15-21-37,38-22-16-12-17-23-38,39-24-18-13-19-25-39)57-59(52,53)56-49-36-29-35(32-47(33-36)40(49)50)48-31-34(44-45-48)30-46(41(51)55-42(2,3)4)26-27-54-60(8,9)43(5,6)7/h10-25,28-29,31,36H,26-27,30,32-33H2,1-9H3. The first-order chi connectivity index (χ1) is 28.2. The van der Waals surface area contributed by atoms with Crippen LogP contribution >= 0.6 is 6.83 Å². The molecule has 322 valence electrons. The Kier molecular flexibility index (Phi) is 12.7. The molecule has 1 unspecified atom stereocenters. The monoisotopic (exact) mass is 876 g/mol. The third-order valence-corrected chi connectivity index (χ3v) is 22.7. The fourth-order valence-electron chi connectivity index (χ4n) is 7.13. The number of urea groups is 1. The van der Waals surface area contributed by atoms with Crippen LogP contribution in [0.4, 0.5) is 9.59 Å². The van der Waals surface area contributed by atoms with Crippen molar-refractivity contribution in [1.29, 1.82) is 0 Å². The number of hydrogen-bond acceptors (Lipinski definition) is 10. The number of nitrogens with zero attached hydrogens (tertiary/aromatic N) is 6. The summed E-state index contributed by atoms with van der Waals surface area (Å²) in [4.78, 5) is 30.2. The summed E-state index contributed by atoms with van der Waals surface area (Å²) < 4.78 is 55.1. The molecular formula is C43H57N6O8PSSi. The van der Waals surface area contributed by atoms with Crippen LogP contribution in [-0.4, -0.2) is 96.6 Å². The van der Waals surface area contributed by atoms with Gasteiger partial charge in [-0.25, -0.2) is 4.79 Å². The van der Waals surface area contributed by atoms with Gasteiger partial charge in [-0.15, -0.1) is 0 Å². The molecule has 0 N–H and O–H groups in total. The van der Waals surface area contributed by atoms with Gasteiger partial charge < -0.3 is 9.16 Å². The Hall–Kier alpha value is -4.70. The zero-order chi connectivity index (χ0) is 43.6. The Bertz CT molecular complexity index is 2230. The van der Waals surface area contributed by atoms with Crippen molar-refractivity contribution in [1.82, 2.24) is 29.9 Å². The maximum absolute atomic E-state index is 14.6. The van der Waals surface area contributed by atoms with E-state index in [-0.39, 0.29) is 31.2 Å². The first kappa shape index (κ1) is 44.8. The minimum atomic E-state index is -4.99. The molecule has 4 aromatic rings. The molecule has 1 fully saturated rings. The first-order valence-corrected chi connectivity index (χ1v) is 26.5. The van der Waals surface area contributed by atoms with E-state index < -0.39 is 49.3 Å². The van der Waals surface area contributed by atoms with Crippen LogP contribution in [0.2, 0.25) is 18.1 Å². The Balaban J connectivity index is 1.28. The van der Waals surface area contributed by atoms with Crippen LogP contribution in [0.5, 0.6) is 0 Å². The Morgan fingerprint density at radius 2 is 1.47 bits per heavy atom. The van der Waals surface area contributed by atoms with E-state index >= 15 is 0 Å². The summed E-state index contributed by atoms with van der Waals surface area (Å²) in [6.07, 6.45) is 4.69. The van der Waals surface area contributed by atoms with Crippen LogP contribution in [-0.2, 0) is 34.4 Å². The van der Waals surface area contributed by atoms with Crippen LogP contribution in [0.3, 0.4) is 0 Å². The molecule has 3 aromatic carbocycles. The summed E-state index contributed by atoms with van der Waals surface area (Å²) in [5.41, 5.74) is 0.337. The second-order valence-corrected chi connectivity index (χ2v) is 28.0. The van der Waals surface area contributed by atoms with Gasteiger partial charge in [0.05, 0.1) is 6.61 Å². The Labute approximate surface area is 355 Å². The number of hydroxylamine groups is 2. The number of aromatic nitrogens is 3. The van der Waals surface area contributed by atoms with E-state index in [1.807, 2.05) is 125 Å². The van der Waals surface area contributed by atoms with E-state index in [0.29, 0.717) is 33.9 Å². The van der Waals surface area contributed by atoms with Crippen molar-refractivity contribution < 1.29 is 35.4 Å². The molecule has 1 atom stereocenters. The molecule has 2 aliphatic rings. The van der Waals surface area contributed by atoms with E-state index in [4.69, 9.17) is 17.4 Å². The number of ether oxygens (including phenoxy) is 1. The van der Waals surface area contributed by atoms with Crippen molar-refractivity contribution >= 4 is 59.3 Å². The minimum absolute atomic E-state index is 0.00206. The number of allylic oxidation sites excluding steroid dienone is 1. The molecule has 0 spiro atoms. The van der Waals surface area contributed by atoms with E-state index in [0.717, 1.165) is 5.06 Å². The zero-order valence-corrected chi connectivity index (χ0v) is 38.6. The zero-order valence-electron chi connectivity index (χ0n) is 35.9. The molecule has 6 rings (SSSR count). The van der Waals surface area contributed by atoms with E-state index in [9.17, 15) is 18.0 Å². The molecular weight excluding hydrogens is 820 g/mol. The summed E-state index contributed by atoms with van der Waals surface area (Å²) in [7, 11) is -7.07. The molecule has 14 nitrogen and oxygen atoms in total. The predicted octanol–water partition coefficient (Wildman–Crippen LogP) is 7.17. The molecule has 0 radical (unpaired) electrons. The van der Waals surface area contributed by atoms with E-state index in [1.165, 1.54) is 9.58 Å². The Morgan fingerprint density at radius 3 is 1.97 bits per heavy atom. The second kappa shape index (κ2) is 17.0. The van der Waals surface area contributed by atoms with Crippen molar-refractivity contribution in [2.45, 2.75) is 84.8 Å². The molecule has 17 heteroatoms. The fraction of sp³-hybridized carbons (Fsp3) is 0.395. The first-order valence-electron chi connectivity index (χ1n) is 20.0. The van der Waals surface area contributed by atoms with Gasteiger partial charge in [0.1, 0.15) is 5.60 Å². The van der Waals surface area contributed by atoms with Crippen molar-refractivity contribution in [2.24, 2.45) is 0 Å². The van der Waals surface area contributed by atoms with Gasteiger partial charge in [0.2, 0.25) is 0 Å². The van der Waals surface area contributed by atoms with Gasteiger partial charge in [-0.05, 0) is 38.9 Å². The van der Waals surface area contributed by atoms with Gasteiger partial charge in [-0.3, -0.25) is 0 Å². The molecule has 2 aliphatic heterocycles. The van der Waals surface area contributed by atoms with Crippen LogP contribution in [0.1, 0.15) is 54.2 Å². The van der Waals surface area contributed by atoms with Gasteiger partial charge in [-0.2, -0.15) is 0 Å². The average Bonchev–Trinajstić information content (AvgIpc) is 3.75. The number of carbonyl (C=O) groups is 2. The van der Waals surface area contributed by atoms with Crippen LogP contribution in [0.25, 0.3) is 5.70 Å². The van der Waals surface area contributed by atoms with Crippen molar-refractivity contribution in [3.63, 3.8) is 0 Å². The van der Waals surface area contributed by atoms with Crippen molar-refractivity contribution in [3.8, 4) is 0 Å². The molecule has 1 saturated heterocycles. The normalized spacial score (nSPS) is 17.1. The molecule has 3 amide bonds. The SMILES string of the molecule is CC=CP(OS(=O)(=O)ON1C(=O)N2CC(n3cc(CN(CCO[Si](C)(C)C(C)(C)C)C(=O)OC(C)(C)C)nn3)=CC1C2)(c1ccccc1)(c1ccccc1)c1ccccc1. The van der Waals surface area contributed by atoms with Gasteiger partial charge in [0.25, 0.3) is 0 Å². The molecule has 1 aromatic heterocycles. The van der Waals surface area contributed by atoms with Gasteiger partial charge in [-0.1, -0.05) is 20.8 Å². The summed E-state index contributed by atoms with van der Waals surface area (Å²) in [6, 6.07) is 26.2. The summed E-state index contributed by atoms with van der Waals surface area (Å²) in [5, 5.41) is 11.4. The number of carbonyl (C=O) groups excluding carboxylic acids is 2. The van der Waals surface area contributed by atoms with Gasteiger partial charge in [0, 0.05) is 6.54 Å². The molecule has 0 saturated carbocycles. The number of benzene rings is 3. The quantitative estimate of drug-likeness (QED) is 0.0891. The summed E-state index contributed by atoms with van der Waals surface area (Å²) in [6.45, 7) is 14.5. The van der Waals surface area contributed by atoms with Crippen LogP contribution in [0, 0.1) is 0 Å². The summed E-state index contributed by atoms with van der Waals surface area (Å²) >= 11 is 0. The van der Waals surface area contributed by atoms with Gasteiger partial charge in [0.15, 0.2) is 8.32 Å². The van der Waals surface area contributed by atoms with Crippen molar-refractivity contribution in [2.75, 3.05) is 26.2 Å². The number of rotatable bonds is 15. The molecule has 3 heterocycles. The topological polar surface area (TPSA) is 146 Å². The Morgan fingerprint density at radius 1 is 0.917 bits per heavy atom. The number of fused-ring (bicyclic) bond motifs is 2. The van der Waals surface area contributed by atoms with Gasteiger partial charge >= 0.3 is 256 Å². The van der Waals surface area contributed by atoms with Crippen LogP contribution < -0.4 is 15.9 Å². The summed E-state index contributed by atoms with van der Waals surface area (Å²) in [5.74, 6) is 1.83. The average molecular weight is 877 g/mol. The van der Waals surface area contributed by atoms with E-state index in [2.05, 4.69) is 44.2 Å². The third kappa shape index (κ3) is 9.14. The number of amides is 3. The van der Waals surface area contributed by atoms with E-state index in [1.54, 1.807) is 23.2 Å². The fourth-order valence-corrected chi connectivity index (χ4v) is 15.7. The van der Waals surface area contributed by atoms with Crippen molar-refractivity contribution in [3.05, 3.63) is 121 Å².